The van der Waals surface area contributed by atoms with Crippen LogP contribution in [0.5, 0.6) is 0 Å². The molecule has 0 spiro atoms. The zero-order valence-electron chi connectivity index (χ0n) is 12.3. The molecule has 0 bridgehead atoms. The van der Waals surface area contributed by atoms with Crippen molar-refractivity contribution in [1.29, 1.82) is 0 Å². The molecule has 0 radical (unpaired) electrons. The molecule has 0 amide bonds. The summed E-state index contributed by atoms with van der Waals surface area (Å²) in [5, 5.41) is 0.501. The molecule has 118 valence electrons. The third-order valence-corrected chi connectivity index (χ3v) is 4.11. The minimum absolute atomic E-state index is 0.223. The van der Waals surface area contributed by atoms with Gasteiger partial charge in [0.25, 0.3) is 0 Å². The van der Waals surface area contributed by atoms with Crippen LogP contribution in [0.1, 0.15) is 16.7 Å². The molecule has 0 N–H and O–H groups in total. The molecule has 3 aromatic rings. The molecule has 1 aliphatic rings. The van der Waals surface area contributed by atoms with Crippen molar-refractivity contribution in [3.8, 4) is 11.3 Å². The van der Waals surface area contributed by atoms with Crippen LogP contribution in [0.3, 0.4) is 0 Å². The second kappa shape index (κ2) is 5.76. The highest BCUT2D eigenvalue weighted by molar-refractivity contribution is 6.31. The third kappa shape index (κ3) is 2.47. The van der Waals surface area contributed by atoms with Gasteiger partial charge in [0.2, 0.25) is 0 Å². The van der Waals surface area contributed by atoms with Crippen LogP contribution < -0.4 is 0 Å². The van der Waals surface area contributed by atoms with E-state index in [2.05, 4.69) is 15.0 Å². The Morgan fingerprint density at radius 2 is 1.79 bits per heavy atom. The quantitative estimate of drug-likeness (QED) is 0.657. The molecule has 4 rings (SSSR count). The highest BCUT2D eigenvalue weighted by Crippen LogP contribution is 2.33. The van der Waals surface area contributed by atoms with Crippen LogP contribution in [0.25, 0.3) is 11.3 Å². The van der Waals surface area contributed by atoms with Crippen molar-refractivity contribution in [2.24, 2.45) is 4.99 Å². The number of hydrogen-bond acceptors (Lipinski definition) is 3. The van der Waals surface area contributed by atoms with Crippen molar-refractivity contribution in [3.63, 3.8) is 0 Å². The molecule has 0 atom stereocenters. The van der Waals surface area contributed by atoms with E-state index in [4.69, 9.17) is 11.6 Å². The summed E-state index contributed by atoms with van der Waals surface area (Å²) in [5.41, 5.74) is 3.66. The molecule has 2 heterocycles. The van der Waals surface area contributed by atoms with E-state index in [1.165, 1.54) is 18.5 Å². The van der Waals surface area contributed by atoms with Gasteiger partial charge in [-0.1, -0.05) is 17.7 Å². The minimum Gasteiger partial charge on any atom is -0.279 e. The lowest BCUT2D eigenvalue weighted by Gasteiger charge is -2.12. The monoisotopic (exact) mass is 341 g/mol. The number of rotatable bonds is 1. The maximum absolute atomic E-state index is 14.3. The van der Waals surface area contributed by atoms with Crippen LogP contribution in [0, 0.1) is 11.6 Å². The van der Waals surface area contributed by atoms with Crippen molar-refractivity contribution in [2.45, 2.75) is 6.54 Å². The average molecular weight is 342 g/mol. The fourth-order valence-electron chi connectivity index (χ4n) is 2.80. The van der Waals surface area contributed by atoms with Crippen molar-refractivity contribution in [2.75, 3.05) is 0 Å². The molecule has 0 unspecified atom stereocenters. The summed E-state index contributed by atoms with van der Waals surface area (Å²) in [6.07, 6.45) is 3.15. The highest BCUT2D eigenvalue weighted by atomic mass is 35.5. The molecule has 1 aliphatic heterocycles. The van der Waals surface area contributed by atoms with Crippen molar-refractivity contribution >= 4 is 17.3 Å². The number of aliphatic imine (C=N–C) groups is 1. The molecular formula is C18H10ClF2N3. The standard InChI is InChI=1S/C18H10ClF2N3/c19-11-1-3-13-15(5-11)18(14-4-2-12(20)6-16(14)21)23-8-10-7-22-9-24-17(10)13/h1-7,9H,8H2. The van der Waals surface area contributed by atoms with Gasteiger partial charge in [-0.3, -0.25) is 4.99 Å². The predicted molar refractivity (Wildman–Crippen MR) is 88.2 cm³/mol. The first kappa shape index (κ1) is 14.9. The van der Waals surface area contributed by atoms with Gasteiger partial charge in [-0.25, -0.2) is 18.7 Å². The van der Waals surface area contributed by atoms with Crippen LogP contribution in [-0.2, 0) is 6.54 Å². The van der Waals surface area contributed by atoms with Crippen molar-refractivity contribution in [1.82, 2.24) is 9.97 Å². The molecule has 3 nitrogen and oxygen atoms in total. The Balaban J connectivity index is 2.00. The van der Waals surface area contributed by atoms with Gasteiger partial charge in [0.1, 0.15) is 18.0 Å². The number of nitrogens with zero attached hydrogens (tertiary/aromatic N) is 3. The van der Waals surface area contributed by atoms with E-state index in [0.717, 1.165) is 22.9 Å². The van der Waals surface area contributed by atoms with Gasteiger partial charge in [-0.05, 0) is 24.3 Å². The fraction of sp³-hybridized carbons (Fsp3) is 0.0556. The van der Waals surface area contributed by atoms with E-state index < -0.39 is 11.6 Å². The highest BCUT2D eigenvalue weighted by Gasteiger charge is 2.22. The van der Waals surface area contributed by atoms with Crippen molar-refractivity contribution in [3.05, 3.63) is 82.3 Å². The zero-order valence-corrected chi connectivity index (χ0v) is 13.1. The number of benzene rings is 2. The van der Waals surface area contributed by atoms with Crippen LogP contribution in [-0.4, -0.2) is 15.7 Å². The minimum atomic E-state index is -0.670. The summed E-state index contributed by atoms with van der Waals surface area (Å²) in [6, 6.07) is 8.73. The van der Waals surface area contributed by atoms with E-state index in [1.807, 2.05) is 6.07 Å². The Morgan fingerprint density at radius 1 is 0.958 bits per heavy atom. The maximum atomic E-state index is 14.3. The first-order chi connectivity index (χ1) is 11.6. The largest absolute Gasteiger partial charge is 0.279 e. The van der Waals surface area contributed by atoms with Crippen LogP contribution >= 0.6 is 11.6 Å². The van der Waals surface area contributed by atoms with Gasteiger partial charge in [0, 0.05) is 39.5 Å². The SMILES string of the molecule is Fc1ccc(C2=NCc3cncnc3-c3ccc(Cl)cc32)c(F)c1. The fourth-order valence-corrected chi connectivity index (χ4v) is 2.97. The first-order valence-corrected chi connectivity index (χ1v) is 7.60. The molecule has 0 saturated heterocycles. The molecule has 2 aromatic carbocycles. The molecule has 0 saturated carbocycles. The first-order valence-electron chi connectivity index (χ1n) is 7.22. The molecule has 1 aromatic heterocycles. The second-order valence-electron chi connectivity index (χ2n) is 5.38. The normalized spacial score (nSPS) is 12.9. The molecule has 0 fully saturated rings. The van der Waals surface area contributed by atoms with Gasteiger partial charge < -0.3 is 0 Å². The maximum Gasteiger partial charge on any atom is 0.135 e. The summed E-state index contributed by atoms with van der Waals surface area (Å²) in [6.45, 7) is 0.300. The van der Waals surface area contributed by atoms with Crippen LogP contribution in [0.2, 0.25) is 5.02 Å². The second-order valence-corrected chi connectivity index (χ2v) is 5.81. The topological polar surface area (TPSA) is 38.1 Å². The van der Waals surface area contributed by atoms with E-state index in [0.29, 0.717) is 22.8 Å². The Hall–Kier alpha value is -2.66. The van der Waals surface area contributed by atoms with Gasteiger partial charge in [0.05, 0.1) is 18.0 Å². The lowest BCUT2D eigenvalue weighted by atomic mass is 9.95. The molecular weight excluding hydrogens is 332 g/mol. The number of aromatic nitrogens is 2. The number of fused-ring (bicyclic) bond motifs is 3. The lowest BCUT2D eigenvalue weighted by Crippen LogP contribution is -2.07. The molecule has 24 heavy (non-hydrogen) atoms. The average Bonchev–Trinajstić information content (AvgIpc) is 2.72. The van der Waals surface area contributed by atoms with E-state index in [-0.39, 0.29) is 5.56 Å². The Labute approximate surface area is 141 Å². The lowest BCUT2D eigenvalue weighted by molar-refractivity contribution is 0.582. The van der Waals surface area contributed by atoms with Gasteiger partial charge in [-0.2, -0.15) is 0 Å². The van der Waals surface area contributed by atoms with E-state index in [1.54, 1.807) is 18.3 Å². The van der Waals surface area contributed by atoms with E-state index in [9.17, 15) is 8.78 Å². The van der Waals surface area contributed by atoms with Crippen LogP contribution in [0.4, 0.5) is 8.78 Å². The predicted octanol–water partition coefficient (Wildman–Crippen LogP) is 4.43. The Kier molecular flexibility index (Phi) is 3.58. The summed E-state index contributed by atoms with van der Waals surface area (Å²) in [7, 11) is 0. The van der Waals surface area contributed by atoms with Gasteiger partial charge in [-0.15, -0.1) is 0 Å². The third-order valence-electron chi connectivity index (χ3n) is 3.87. The molecule has 6 heteroatoms. The smallest absolute Gasteiger partial charge is 0.135 e. The summed E-state index contributed by atoms with van der Waals surface area (Å²) < 4.78 is 27.6. The van der Waals surface area contributed by atoms with E-state index >= 15 is 0 Å². The van der Waals surface area contributed by atoms with Gasteiger partial charge >= 0.3 is 0 Å². The summed E-state index contributed by atoms with van der Waals surface area (Å²) >= 11 is 6.13. The summed E-state index contributed by atoms with van der Waals surface area (Å²) in [4.78, 5) is 12.9. The van der Waals surface area contributed by atoms with Crippen LogP contribution in [0.15, 0.2) is 53.9 Å². The number of hydrogen-bond donors (Lipinski definition) is 0. The Morgan fingerprint density at radius 3 is 2.62 bits per heavy atom. The van der Waals surface area contributed by atoms with Crippen molar-refractivity contribution < 1.29 is 8.78 Å². The number of halogens is 3. The molecule has 0 aliphatic carbocycles. The zero-order chi connectivity index (χ0) is 16.7. The summed E-state index contributed by atoms with van der Waals surface area (Å²) in [5.74, 6) is -1.30. The van der Waals surface area contributed by atoms with Gasteiger partial charge in [0.15, 0.2) is 0 Å². The Bertz CT molecular complexity index is 986.